The van der Waals surface area contributed by atoms with Crippen LogP contribution in [0.3, 0.4) is 0 Å². The molecule has 2 nitrogen and oxygen atoms in total. The lowest BCUT2D eigenvalue weighted by atomic mass is 10.0. The van der Waals surface area contributed by atoms with Crippen molar-refractivity contribution in [2.45, 2.75) is 23.8 Å². The van der Waals surface area contributed by atoms with E-state index in [1.165, 1.54) is 11.3 Å². The minimum atomic E-state index is 0.349. The lowest BCUT2D eigenvalue weighted by Crippen LogP contribution is -2.12. The molecule has 1 saturated heterocycles. The minimum Gasteiger partial charge on any atom is -0.508 e. The van der Waals surface area contributed by atoms with Crippen molar-refractivity contribution < 1.29 is 5.11 Å². The Morgan fingerprint density at radius 2 is 2.36 bits per heavy atom. The van der Waals surface area contributed by atoms with E-state index < -0.39 is 0 Å². The summed E-state index contributed by atoms with van der Waals surface area (Å²) in [6, 6.07) is 6.19. The molecule has 2 N–H and O–H groups in total. The molecule has 1 heterocycles. The molecule has 1 aliphatic heterocycles. The molecule has 1 aliphatic rings. The summed E-state index contributed by atoms with van der Waals surface area (Å²) in [4.78, 5) is 1.21. The fraction of sp³-hybridized carbons (Fsp3) is 0.455. The van der Waals surface area contributed by atoms with Crippen molar-refractivity contribution in [3.8, 4) is 5.75 Å². The molecule has 76 valence electrons. The van der Waals surface area contributed by atoms with Gasteiger partial charge in [-0.1, -0.05) is 0 Å². The molecule has 1 aromatic rings. The Hall–Kier alpha value is -0.670. The number of benzene rings is 1. The summed E-state index contributed by atoms with van der Waals surface area (Å²) in [6.07, 6.45) is 4.39. The van der Waals surface area contributed by atoms with Crippen molar-refractivity contribution >= 4 is 11.8 Å². The Balaban J connectivity index is 2.29. The van der Waals surface area contributed by atoms with Crippen LogP contribution < -0.4 is 5.32 Å². The average Bonchev–Trinajstić information content (AvgIpc) is 2.71. The van der Waals surface area contributed by atoms with Gasteiger partial charge in [-0.25, -0.2) is 0 Å². The Bertz CT molecular complexity index is 321. The zero-order valence-corrected chi connectivity index (χ0v) is 9.10. The number of hydrogen-bond acceptors (Lipinski definition) is 3. The van der Waals surface area contributed by atoms with Gasteiger partial charge in [-0.15, -0.1) is 11.8 Å². The van der Waals surface area contributed by atoms with Crippen LogP contribution in [0.2, 0.25) is 0 Å². The fourth-order valence-electron chi connectivity index (χ4n) is 1.89. The fourth-order valence-corrected chi connectivity index (χ4v) is 2.34. The SMILES string of the molecule is CSc1ccc(O)c(C2CCCN2)c1. The van der Waals surface area contributed by atoms with Crippen molar-refractivity contribution in [3.05, 3.63) is 23.8 Å². The van der Waals surface area contributed by atoms with Gasteiger partial charge >= 0.3 is 0 Å². The third kappa shape index (κ3) is 1.88. The van der Waals surface area contributed by atoms with Crippen LogP contribution in [0, 0.1) is 0 Å². The molecule has 14 heavy (non-hydrogen) atoms. The van der Waals surface area contributed by atoms with Gasteiger partial charge in [0.15, 0.2) is 0 Å². The van der Waals surface area contributed by atoms with Crippen LogP contribution in [-0.2, 0) is 0 Å². The highest BCUT2D eigenvalue weighted by molar-refractivity contribution is 7.98. The number of aromatic hydroxyl groups is 1. The normalized spacial score (nSPS) is 21.4. The van der Waals surface area contributed by atoms with Gasteiger partial charge < -0.3 is 10.4 Å². The van der Waals surface area contributed by atoms with Crippen molar-refractivity contribution in [2.24, 2.45) is 0 Å². The molecule has 3 heteroatoms. The molecule has 0 saturated carbocycles. The molecule has 0 amide bonds. The Morgan fingerprint density at radius 1 is 1.50 bits per heavy atom. The van der Waals surface area contributed by atoms with E-state index in [4.69, 9.17) is 0 Å². The number of phenolic OH excluding ortho intramolecular Hbond substituents is 1. The van der Waals surface area contributed by atoms with Crippen molar-refractivity contribution in [3.63, 3.8) is 0 Å². The average molecular weight is 209 g/mol. The summed E-state index contributed by atoms with van der Waals surface area (Å²) in [6.45, 7) is 1.06. The standard InChI is InChI=1S/C11H15NOS/c1-14-8-4-5-11(13)9(7-8)10-3-2-6-12-10/h4-5,7,10,12-13H,2-3,6H2,1H3. The van der Waals surface area contributed by atoms with Crippen molar-refractivity contribution in [2.75, 3.05) is 12.8 Å². The van der Waals surface area contributed by atoms with E-state index in [-0.39, 0.29) is 0 Å². The molecular weight excluding hydrogens is 194 g/mol. The van der Waals surface area contributed by atoms with E-state index in [0.717, 1.165) is 18.5 Å². The second-order valence-electron chi connectivity index (χ2n) is 3.57. The maximum Gasteiger partial charge on any atom is 0.120 e. The Labute approximate surface area is 88.7 Å². The molecule has 0 radical (unpaired) electrons. The van der Waals surface area contributed by atoms with E-state index >= 15 is 0 Å². The van der Waals surface area contributed by atoms with Crippen LogP contribution in [0.5, 0.6) is 5.75 Å². The molecule has 2 rings (SSSR count). The molecule has 0 aliphatic carbocycles. The maximum absolute atomic E-state index is 9.74. The van der Waals surface area contributed by atoms with Crippen LogP contribution in [0.25, 0.3) is 0 Å². The molecule has 0 spiro atoms. The van der Waals surface area contributed by atoms with Gasteiger partial charge in [0.2, 0.25) is 0 Å². The molecule has 1 atom stereocenters. The van der Waals surface area contributed by atoms with Crippen LogP contribution in [-0.4, -0.2) is 17.9 Å². The highest BCUT2D eigenvalue weighted by Gasteiger charge is 2.19. The number of thioether (sulfide) groups is 1. The smallest absolute Gasteiger partial charge is 0.120 e. The summed E-state index contributed by atoms with van der Waals surface area (Å²) in [5.41, 5.74) is 1.05. The van der Waals surface area contributed by atoms with Crippen molar-refractivity contribution in [1.29, 1.82) is 0 Å². The molecule has 0 aromatic heterocycles. The predicted molar refractivity (Wildman–Crippen MR) is 59.9 cm³/mol. The van der Waals surface area contributed by atoms with Gasteiger partial charge in [-0.3, -0.25) is 0 Å². The quantitative estimate of drug-likeness (QED) is 0.734. The highest BCUT2D eigenvalue weighted by atomic mass is 32.2. The lowest BCUT2D eigenvalue weighted by Gasteiger charge is -2.13. The van der Waals surface area contributed by atoms with Crippen molar-refractivity contribution in [1.82, 2.24) is 5.32 Å². The Morgan fingerprint density at radius 3 is 3.00 bits per heavy atom. The summed E-state index contributed by atoms with van der Waals surface area (Å²) in [7, 11) is 0. The second kappa shape index (κ2) is 4.24. The molecule has 0 bridgehead atoms. The van der Waals surface area contributed by atoms with E-state index in [0.29, 0.717) is 11.8 Å². The van der Waals surface area contributed by atoms with Gasteiger partial charge in [-0.2, -0.15) is 0 Å². The third-order valence-corrected chi connectivity index (χ3v) is 3.40. The first-order valence-corrected chi connectivity index (χ1v) is 6.14. The summed E-state index contributed by atoms with van der Waals surface area (Å²) in [5, 5.41) is 13.1. The summed E-state index contributed by atoms with van der Waals surface area (Å²) >= 11 is 1.71. The molecule has 1 unspecified atom stereocenters. The number of phenols is 1. The monoisotopic (exact) mass is 209 g/mol. The van der Waals surface area contributed by atoms with Gasteiger partial charge in [0.05, 0.1) is 0 Å². The molecule has 1 aromatic carbocycles. The number of nitrogens with one attached hydrogen (secondary N) is 1. The van der Waals surface area contributed by atoms with Crippen LogP contribution >= 0.6 is 11.8 Å². The number of rotatable bonds is 2. The van der Waals surface area contributed by atoms with Gasteiger partial charge in [0, 0.05) is 16.5 Å². The van der Waals surface area contributed by atoms with Crippen LogP contribution in [0.1, 0.15) is 24.4 Å². The zero-order chi connectivity index (χ0) is 9.97. The predicted octanol–water partition coefficient (Wildman–Crippen LogP) is 2.54. The summed E-state index contributed by atoms with van der Waals surface area (Å²) < 4.78 is 0. The first-order valence-electron chi connectivity index (χ1n) is 4.91. The van der Waals surface area contributed by atoms with E-state index in [1.54, 1.807) is 17.8 Å². The maximum atomic E-state index is 9.74. The first kappa shape index (κ1) is 9.87. The van der Waals surface area contributed by atoms with Gasteiger partial charge in [-0.05, 0) is 43.8 Å². The second-order valence-corrected chi connectivity index (χ2v) is 4.45. The molecule has 1 fully saturated rings. The van der Waals surface area contributed by atoms with Crippen LogP contribution in [0.15, 0.2) is 23.1 Å². The lowest BCUT2D eigenvalue weighted by molar-refractivity contribution is 0.456. The number of hydrogen-bond donors (Lipinski definition) is 2. The van der Waals surface area contributed by atoms with E-state index in [9.17, 15) is 5.11 Å². The van der Waals surface area contributed by atoms with E-state index in [1.807, 2.05) is 6.07 Å². The third-order valence-electron chi connectivity index (χ3n) is 2.67. The van der Waals surface area contributed by atoms with Gasteiger partial charge in [0.25, 0.3) is 0 Å². The summed E-state index contributed by atoms with van der Waals surface area (Å²) in [5.74, 6) is 0.419. The van der Waals surface area contributed by atoms with Crippen LogP contribution in [0.4, 0.5) is 0 Å². The van der Waals surface area contributed by atoms with Gasteiger partial charge in [0.1, 0.15) is 5.75 Å². The molecular formula is C11H15NOS. The minimum absolute atomic E-state index is 0.349. The Kier molecular flexibility index (Phi) is 2.99. The largest absolute Gasteiger partial charge is 0.508 e. The first-order chi connectivity index (χ1) is 6.81. The topological polar surface area (TPSA) is 32.3 Å². The van der Waals surface area contributed by atoms with E-state index in [2.05, 4.69) is 17.6 Å². The highest BCUT2D eigenvalue weighted by Crippen LogP contribution is 2.32. The zero-order valence-electron chi connectivity index (χ0n) is 8.29.